The quantitative estimate of drug-likeness (QED) is 0.291. The second-order valence-electron chi connectivity index (χ2n) is 9.01. The molecule has 7 nitrogen and oxygen atoms in total. The van der Waals surface area contributed by atoms with E-state index in [0.29, 0.717) is 18.6 Å². The van der Waals surface area contributed by atoms with Crippen LogP contribution >= 0.6 is 0 Å². The first-order valence-electron chi connectivity index (χ1n) is 13.6. The van der Waals surface area contributed by atoms with Crippen LogP contribution in [-0.4, -0.2) is 24.1 Å². The first-order valence-corrected chi connectivity index (χ1v) is 13.6. The molecule has 1 unspecified atom stereocenters. The zero-order valence-corrected chi connectivity index (χ0v) is 24.4. The number of amides is 1. The molecule has 0 saturated carbocycles. The maximum absolute atomic E-state index is 12.0. The van der Waals surface area contributed by atoms with Gasteiger partial charge in [0.1, 0.15) is 17.1 Å². The molecule has 0 fully saturated rings. The summed E-state index contributed by atoms with van der Waals surface area (Å²) in [4.78, 5) is 34.7. The van der Waals surface area contributed by atoms with E-state index in [9.17, 15) is 19.5 Å². The van der Waals surface area contributed by atoms with Gasteiger partial charge >= 0.3 is 11.7 Å². The zero-order valence-electron chi connectivity index (χ0n) is 24.4. The van der Waals surface area contributed by atoms with E-state index < -0.39 is 23.4 Å². The molecule has 1 atom stereocenters. The fraction of sp³-hybridized carbons (Fsp3) is 0.516. The van der Waals surface area contributed by atoms with Gasteiger partial charge in [0, 0.05) is 24.1 Å². The number of carbonyl (C=O) groups excluding carboxylic acids is 2. The Labute approximate surface area is 228 Å². The van der Waals surface area contributed by atoms with Gasteiger partial charge in [0.05, 0.1) is 7.11 Å². The lowest BCUT2D eigenvalue weighted by atomic mass is 9.99. The van der Waals surface area contributed by atoms with E-state index in [2.05, 4.69) is 48.2 Å². The Morgan fingerprint density at radius 3 is 2.18 bits per heavy atom. The molecule has 0 saturated heterocycles. The van der Waals surface area contributed by atoms with Crippen LogP contribution in [0.25, 0.3) is 0 Å². The van der Waals surface area contributed by atoms with Crippen LogP contribution in [0.4, 0.5) is 4.79 Å². The van der Waals surface area contributed by atoms with Crippen molar-refractivity contribution >= 4 is 11.9 Å². The SMILES string of the molecule is CC.CCCCc1ccc(CC)cc1.COC(=O)N/C=C/CCC(C)c1cc(O)c(C(=O)C(C)C)c(=O)o1. The lowest BCUT2D eigenvalue weighted by molar-refractivity contribution is 0.0931. The standard InChI is InChI=1S/C17H23NO6.C12H18.C2H6/c1-10(2)15(20)14-12(19)9-13(24-16(14)21)11(3)7-5-6-8-18-17(22)23-4;1-3-5-6-12-9-7-11(4-2)8-10-12;1-2/h6,8-11,19H,5,7H2,1-4H3,(H,18,22);7-10H,3-6H2,1-2H3;1-2H3/b8-6+;;. The number of alkyl carbamates (subject to hydrolysis) is 1. The molecule has 7 heteroatoms. The molecule has 2 rings (SSSR count). The summed E-state index contributed by atoms with van der Waals surface area (Å²) in [5.41, 5.74) is 1.80. The van der Waals surface area contributed by atoms with Crippen molar-refractivity contribution in [1.82, 2.24) is 5.32 Å². The summed E-state index contributed by atoms with van der Waals surface area (Å²) in [7, 11) is 1.27. The maximum atomic E-state index is 12.0. The minimum atomic E-state index is -0.821. The minimum Gasteiger partial charge on any atom is -0.507 e. The number of aromatic hydroxyl groups is 1. The van der Waals surface area contributed by atoms with Gasteiger partial charge in [-0.15, -0.1) is 0 Å². The first-order chi connectivity index (χ1) is 18.1. The first kappa shape index (κ1) is 34.6. The van der Waals surface area contributed by atoms with E-state index in [0.717, 1.165) is 6.42 Å². The van der Waals surface area contributed by atoms with Crippen molar-refractivity contribution in [3.05, 3.63) is 75.5 Å². The van der Waals surface area contributed by atoms with Gasteiger partial charge in [-0.05, 0) is 43.2 Å². The van der Waals surface area contributed by atoms with Gasteiger partial charge < -0.3 is 14.3 Å². The molecule has 0 aliphatic carbocycles. The zero-order chi connectivity index (χ0) is 29.1. The Morgan fingerprint density at radius 2 is 1.68 bits per heavy atom. The summed E-state index contributed by atoms with van der Waals surface area (Å²) in [5.74, 6) is -1.04. The summed E-state index contributed by atoms with van der Waals surface area (Å²) in [5, 5.41) is 12.4. The van der Waals surface area contributed by atoms with E-state index in [-0.39, 0.29) is 17.2 Å². The third-order valence-electron chi connectivity index (χ3n) is 5.73. The van der Waals surface area contributed by atoms with E-state index >= 15 is 0 Å². The van der Waals surface area contributed by atoms with Crippen LogP contribution in [0.2, 0.25) is 0 Å². The van der Waals surface area contributed by atoms with Crippen LogP contribution in [0.5, 0.6) is 5.75 Å². The van der Waals surface area contributed by atoms with Crippen LogP contribution in [-0.2, 0) is 17.6 Å². The topological polar surface area (TPSA) is 106 Å². The van der Waals surface area contributed by atoms with Gasteiger partial charge in [0.25, 0.3) is 0 Å². The number of carbonyl (C=O) groups is 2. The number of rotatable bonds is 11. The summed E-state index contributed by atoms with van der Waals surface area (Å²) < 4.78 is 9.60. The van der Waals surface area contributed by atoms with Crippen LogP contribution in [0.1, 0.15) is 107 Å². The minimum absolute atomic E-state index is 0.144. The predicted octanol–water partition coefficient (Wildman–Crippen LogP) is 7.56. The third-order valence-corrected chi connectivity index (χ3v) is 5.73. The van der Waals surface area contributed by atoms with E-state index in [1.54, 1.807) is 19.9 Å². The average molecular weight is 530 g/mol. The Bertz CT molecular complexity index is 1040. The van der Waals surface area contributed by atoms with Crippen molar-refractivity contribution in [2.75, 3.05) is 7.11 Å². The van der Waals surface area contributed by atoms with Crippen molar-refractivity contribution < 1.29 is 23.8 Å². The average Bonchev–Trinajstić information content (AvgIpc) is 2.92. The second-order valence-corrected chi connectivity index (χ2v) is 9.01. The lowest BCUT2D eigenvalue weighted by Gasteiger charge is -2.11. The molecular formula is C31H47NO6. The molecular weight excluding hydrogens is 482 g/mol. The molecule has 212 valence electrons. The van der Waals surface area contributed by atoms with Gasteiger partial charge in [-0.2, -0.15) is 0 Å². The number of benzene rings is 1. The van der Waals surface area contributed by atoms with Crippen molar-refractivity contribution in [3.8, 4) is 5.75 Å². The van der Waals surface area contributed by atoms with E-state index in [1.807, 2.05) is 20.8 Å². The molecule has 0 radical (unpaired) electrons. The fourth-order valence-corrected chi connectivity index (χ4v) is 3.34. The molecule has 1 amide bonds. The number of ether oxygens (including phenoxy) is 1. The monoisotopic (exact) mass is 529 g/mol. The number of methoxy groups -OCH3 is 1. The molecule has 1 aromatic carbocycles. The number of Topliss-reactive ketones (excluding diaryl/α,β-unsaturated/α-hetero) is 1. The Kier molecular flexibility index (Phi) is 18.0. The Hall–Kier alpha value is -3.35. The third kappa shape index (κ3) is 12.7. The summed E-state index contributed by atoms with van der Waals surface area (Å²) in [6, 6.07) is 10.3. The Morgan fingerprint density at radius 1 is 1.08 bits per heavy atom. The Balaban J connectivity index is 0.000000815. The highest BCUT2D eigenvalue weighted by molar-refractivity contribution is 5.99. The highest BCUT2D eigenvalue weighted by Crippen LogP contribution is 2.25. The van der Waals surface area contributed by atoms with Crippen molar-refractivity contribution in [1.29, 1.82) is 0 Å². The summed E-state index contributed by atoms with van der Waals surface area (Å²) in [6.45, 7) is 13.6. The molecule has 2 aromatic rings. The highest BCUT2D eigenvalue weighted by Gasteiger charge is 2.22. The molecule has 2 N–H and O–H groups in total. The molecule has 0 aliphatic heterocycles. The molecule has 1 aromatic heterocycles. The maximum Gasteiger partial charge on any atom is 0.410 e. The number of nitrogens with one attached hydrogen (secondary N) is 1. The van der Waals surface area contributed by atoms with Crippen molar-refractivity contribution in [2.24, 2.45) is 5.92 Å². The molecule has 1 heterocycles. The fourth-order valence-electron chi connectivity index (χ4n) is 3.34. The number of aryl methyl sites for hydroxylation is 2. The van der Waals surface area contributed by atoms with Gasteiger partial charge in [0.2, 0.25) is 0 Å². The molecule has 38 heavy (non-hydrogen) atoms. The highest BCUT2D eigenvalue weighted by atomic mass is 16.5. The summed E-state index contributed by atoms with van der Waals surface area (Å²) >= 11 is 0. The number of unbranched alkanes of at least 4 members (excludes halogenated alkanes) is 1. The second kappa shape index (κ2) is 19.7. The van der Waals surface area contributed by atoms with E-state index in [4.69, 9.17) is 4.42 Å². The van der Waals surface area contributed by atoms with Gasteiger partial charge in [0.15, 0.2) is 5.78 Å². The molecule has 0 spiro atoms. The summed E-state index contributed by atoms with van der Waals surface area (Å²) in [6.07, 6.45) is 8.87. The number of hydrogen-bond acceptors (Lipinski definition) is 6. The van der Waals surface area contributed by atoms with Gasteiger partial charge in [-0.1, -0.05) is 85.2 Å². The number of ketones is 1. The van der Waals surface area contributed by atoms with Crippen LogP contribution in [0.15, 0.2) is 51.8 Å². The smallest absolute Gasteiger partial charge is 0.410 e. The van der Waals surface area contributed by atoms with E-state index in [1.165, 1.54) is 49.8 Å². The van der Waals surface area contributed by atoms with Crippen molar-refractivity contribution in [2.45, 2.75) is 92.9 Å². The molecule has 0 bridgehead atoms. The van der Waals surface area contributed by atoms with Crippen molar-refractivity contribution in [3.63, 3.8) is 0 Å². The largest absolute Gasteiger partial charge is 0.507 e. The molecule has 0 aliphatic rings. The normalized spacial score (nSPS) is 11.2. The number of allylic oxidation sites excluding steroid dienone is 1. The van der Waals surface area contributed by atoms with Crippen LogP contribution in [0.3, 0.4) is 0 Å². The van der Waals surface area contributed by atoms with Crippen LogP contribution < -0.4 is 10.9 Å². The number of hydrogen-bond donors (Lipinski definition) is 2. The predicted molar refractivity (Wildman–Crippen MR) is 154 cm³/mol. The van der Waals surface area contributed by atoms with Gasteiger partial charge in [-0.3, -0.25) is 10.1 Å². The van der Waals surface area contributed by atoms with Gasteiger partial charge in [-0.25, -0.2) is 9.59 Å². The lowest BCUT2D eigenvalue weighted by Crippen LogP contribution is -2.19. The van der Waals surface area contributed by atoms with Crippen LogP contribution in [0, 0.1) is 5.92 Å².